The van der Waals surface area contributed by atoms with Crippen molar-refractivity contribution in [2.24, 2.45) is 5.92 Å². The van der Waals surface area contributed by atoms with E-state index in [4.69, 9.17) is 4.74 Å². The molecular weight excluding hydrogens is 260 g/mol. The van der Waals surface area contributed by atoms with Gasteiger partial charge in [0.2, 0.25) is 0 Å². The summed E-state index contributed by atoms with van der Waals surface area (Å²) in [5.41, 5.74) is -0.841. The standard InChI is InChI=1S/C15H22O5/c1-4-11(3)14(18)20-9-15(19,8-16)12-6-5-10(2)7-13(12)17/h5-7,11,16-17,19H,4,8-9H2,1-3H3. The molecule has 3 N–H and O–H groups in total. The van der Waals surface area contributed by atoms with Crippen molar-refractivity contribution in [2.45, 2.75) is 32.8 Å². The monoisotopic (exact) mass is 282 g/mol. The molecule has 0 radical (unpaired) electrons. The Morgan fingerprint density at radius 3 is 2.60 bits per heavy atom. The van der Waals surface area contributed by atoms with Crippen LogP contribution in [-0.4, -0.2) is 34.5 Å². The van der Waals surface area contributed by atoms with Crippen molar-refractivity contribution in [1.29, 1.82) is 0 Å². The third-order valence-electron chi connectivity index (χ3n) is 3.38. The first-order valence-corrected chi connectivity index (χ1v) is 6.64. The maximum Gasteiger partial charge on any atom is 0.308 e. The van der Waals surface area contributed by atoms with Gasteiger partial charge in [0.1, 0.15) is 18.0 Å². The van der Waals surface area contributed by atoms with Crippen LogP contribution >= 0.6 is 0 Å². The number of benzene rings is 1. The molecule has 20 heavy (non-hydrogen) atoms. The number of carbonyl (C=O) groups is 1. The molecular formula is C15H22O5. The zero-order valence-electron chi connectivity index (χ0n) is 12.1. The molecule has 0 fully saturated rings. The molecule has 5 heteroatoms. The molecule has 0 aliphatic carbocycles. The first-order valence-electron chi connectivity index (χ1n) is 6.64. The van der Waals surface area contributed by atoms with E-state index in [1.807, 2.05) is 6.92 Å². The molecule has 0 aromatic heterocycles. The summed E-state index contributed by atoms with van der Waals surface area (Å²) in [5.74, 6) is -0.850. The summed E-state index contributed by atoms with van der Waals surface area (Å²) >= 11 is 0. The van der Waals surface area contributed by atoms with Crippen LogP contribution in [0.2, 0.25) is 0 Å². The van der Waals surface area contributed by atoms with Gasteiger partial charge < -0.3 is 20.1 Å². The molecule has 1 aromatic carbocycles. The normalized spacial score (nSPS) is 15.4. The number of phenols is 1. The molecule has 0 aliphatic rings. The molecule has 0 spiro atoms. The summed E-state index contributed by atoms with van der Waals surface area (Å²) in [6.45, 7) is 4.32. The minimum absolute atomic E-state index is 0.138. The number of aliphatic hydroxyl groups is 2. The highest BCUT2D eigenvalue weighted by atomic mass is 16.5. The lowest BCUT2D eigenvalue weighted by atomic mass is 9.93. The van der Waals surface area contributed by atoms with Crippen LogP contribution in [0.3, 0.4) is 0 Å². The first kappa shape index (κ1) is 16.5. The van der Waals surface area contributed by atoms with E-state index in [1.165, 1.54) is 12.1 Å². The van der Waals surface area contributed by atoms with Gasteiger partial charge in [-0.05, 0) is 25.0 Å². The maximum atomic E-state index is 11.6. The van der Waals surface area contributed by atoms with Gasteiger partial charge in [0, 0.05) is 5.56 Å². The third kappa shape index (κ3) is 3.71. The fraction of sp³-hybridized carbons (Fsp3) is 0.533. The molecule has 5 nitrogen and oxygen atoms in total. The summed E-state index contributed by atoms with van der Waals surface area (Å²) in [7, 11) is 0. The molecule has 0 saturated heterocycles. The SMILES string of the molecule is CCC(C)C(=O)OCC(O)(CO)c1ccc(C)cc1O. The third-order valence-corrected chi connectivity index (χ3v) is 3.38. The topological polar surface area (TPSA) is 87.0 Å². The van der Waals surface area contributed by atoms with E-state index in [0.717, 1.165) is 5.56 Å². The van der Waals surface area contributed by atoms with Crippen LogP contribution in [0.5, 0.6) is 5.75 Å². The van der Waals surface area contributed by atoms with Crippen molar-refractivity contribution in [2.75, 3.05) is 13.2 Å². The van der Waals surface area contributed by atoms with E-state index in [0.29, 0.717) is 6.42 Å². The predicted molar refractivity (Wildman–Crippen MR) is 74.2 cm³/mol. The van der Waals surface area contributed by atoms with Crippen LogP contribution in [0.4, 0.5) is 0 Å². The van der Waals surface area contributed by atoms with Crippen LogP contribution in [0, 0.1) is 12.8 Å². The second kappa shape index (κ2) is 6.72. The molecule has 2 unspecified atom stereocenters. The van der Waals surface area contributed by atoms with Gasteiger partial charge in [-0.15, -0.1) is 0 Å². The van der Waals surface area contributed by atoms with E-state index in [-0.39, 0.29) is 17.2 Å². The van der Waals surface area contributed by atoms with Gasteiger partial charge in [-0.1, -0.05) is 26.0 Å². The Kier molecular flexibility index (Phi) is 5.53. The molecule has 0 aliphatic heterocycles. The van der Waals surface area contributed by atoms with E-state index in [9.17, 15) is 20.1 Å². The van der Waals surface area contributed by atoms with Crippen LogP contribution in [0.15, 0.2) is 18.2 Å². The van der Waals surface area contributed by atoms with E-state index < -0.39 is 24.8 Å². The first-order chi connectivity index (χ1) is 9.34. The Balaban J connectivity index is 2.89. The molecule has 1 aromatic rings. The fourth-order valence-electron chi connectivity index (χ4n) is 1.74. The predicted octanol–water partition coefficient (Wildman–Crippen LogP) is 1.47. The lowest BCUT2D eigenvalue weighted by Crippen LogP contribution is -2.37. The number of rotatable bonds is 6. The van der Waals surface area contributed by atoms with Crippen molar-refractivity contribution < 1.29 is 24.9 Å². The number of esters is 1. The number of hydrogen-bond acceptors (Lipinski definition) is 5. The van der Waals surface area contributed by atoms with Gasteiger partial charge in [-0.25, -0.2) is 0 Å². The van der Waals surface area contributed by atoms with Gasteiger partial charge in [-0.2, -0.15) is 0 Å². The highest BCUT2D eigenvalue weighted by Gasteiger charge is 2.33. The Morgan fingerprint density at radius 2 is 2.10 bits per heavy atom. The van der Waals surface area contributed by atoms with Crippen LogP contribution in [0.25, 0.3) is 0 Å². The summed E-state index contributed by atoms with van der Waals surface area (Å²) < 4.78 is 5.03. The van der Waals surface area contributed by atoms with E-state index in [2.05, 4.69) is 0 Å². The molecule has 2 atom stereocenters. The van der Waals surface area contributed by atoms with Crippen molar-refractivity contribution in [3.63, 3.8) is 0 Å². The summed E-state index contributed by atoms with van der Waals surface area (Å²) in [4.78, 5) is 11.6. The largest absolute Gasteiger partial charge is 0.508 e. The second-order valence-electron chi connectivity index (χ2n) is 5.13. The number of aliphatic hydroxyl groups excluding tert-OH is 1. The van der Waals surface area contributed by atoms with Crippen molar-refractivity contribution in [3.05, 3.63) is 29.3 Å². The molecule has 0 heterocycles. The highest BCUT2D eigenvalue weighted by molar-refractivity contribution is 5.72. The van der Waals surface area contributed by atoms with Gasteiger partial charge in [0.15, 0.2) is 0 Å². The lowest BCUT2D eigenvalue weighted by Gasteiger charge is -2.27. The molecule has 0 saturated carbocycles. The number of phenolic OH excluding ortho intramolecular Hbond substituents is 1. The van der Waals surface area contributed by atoms with Gasteiger partial charge in [-0.3, -0.25) is 4.79 Å². The fourth-order valence-corrected chi connectivity index (χ4v) is 1.74. The molecule has 1 rings (SSSR count). The van der Waals surface area contributed by atoms with Gasteiger partial charge >= 0.3 is 5.97 Å². The average molecular weight is 282 g/mol. The average Bonchev–Trinajstić information content (AvgIpc) is 2.43. The minimum Gasteiger partial charge on any atom is -0.508 e. The summed E-state index contributed by atoms with van der Waals surface area (Å²) in [6.07, 6.45) is 0.631. The van der Waals surface area contributed by atoms with Crippen LogP contribution < -0.4 is 0 Å². The van der Waals surface area contributed by atoms with Crippen molar-refractivity contribution in [1.82, 2.24) is 0 Å². The second-order valence-corrected chi connectivity index (χ2v) is 5.13. The van der Waals surface area contributed by atoms with Gasteiger partial charge in [0.25, 0.3) is 0 Å². The Morgan fingerprint density at radius 1 is 1.45 bits per heavy atom. The van der Waals surface area contributed by atoms with Crippen LogP contribution in [-0.2, 0) is 15.1 Å². The van der Waals surface area contributed by atoms with Crippen molar-refractivity contribution >= 4 is 5.97 Å². The van der Waals surface area contributed by atoms with Gasteiger partial charge in [0.05, 0.1) is 12.5 Å². The van der Waals surface area contributed by atoms with E-state index >= 15 is 0 Å². The Labute approximate surface area is 118 Å². The van der Waals surface area contributed by atoms with E-state index in [1.54, 1.807) is 19.9 Å². The Hall–Kier alpha value is -1.59. The lowest BCUT2D eigenvalue weighted by molar-refractivity contribution is -0.159. The minimum atomic E-state index is -1.80. The number of ether oxygens (including phenoxy) is 1. The summed E-state index contributed by atoms with van der Waals surface area (Å²) in [5, 5.41) is 29.6. The Bertz CT molecular complexity index is 471. The zero-order chi connectivity index (χ0) is 15.3. The quantitative estimate of drug-likeness (QED) is 0.688. The summed E-state index contributed by atoms with van der Waals surface area (Å²) in [6, 6.07) is 4.69. The molecule has 0 bridgehead atoms. The number of aryl methyl sites for hydroxylation is 1. The number of aromatic hydroxyl groups is 1. The number of hydrogen-bond donors (Lipinski definition) is 3. The highest BCUT2D eigenvalue weighted by Crippen LogP contribution is 2.30. The molecule has 112 valence electrons. The zero-order valence-corrected chi connectivity index (χ0v) is 12.1. The van der Waals surface area contributed by atoms with Crippen LogP contribution in [0.1, 0.15) is 31.4 Å². The smallest absolute Gasteiger partial charge is 0.308 e. The molecule has 0 amide bonds. The van der Waals surface area contributed by atoms with Crippen molar-refractivity contribution in [3.8, 4) is 5.75 Å². The maximum absolute atomic E-state index is 11.6. The number of carbonyl (C=O) groups excluding carboxylic acids is 1.